The standard InChI is InChI=1S/C56H36N2O/c1-2-16-41(17-3-1)58-50-23-9-8-20-48(50)54-46(22-11-24-51(54)58)40-29-34-43(35-30-40)57(42-32-27-39(28-33-42)45-21-10-15-37-13-4-6-18-44(37)45)52-25-12-26-53-55(52)49-36-31-38-14-5-7-19-47(38)56(49)59-53/h1-36H. The lowest BCUT2D eigenvalue weighted by molar-refractivity contribution is 0.672. The predicted molar refractivity (Wildman–Crippen MR) is 249 cm³/mol. The lowest BCUT2D eigenvalue weighted by atomic mass is 9.97. The molecule has 3 heteroatoms. The fourth-order valence-electron chi connectivity index (χ4n) is 9.32. The van der Waals surface area contributed by atoms with Gasteiger partial charge < -0.3 is 13.9 Å². The molecule has 0 bridgehead atoms. The molecule has 0 radical (unpaired) electrons. The fourth-order valence-corrected chi connectivity index (χ4v) is 9.32. The van der Waals surface area contributed by atoms with Gasteiger partial charge in [-0.1, -0.05) is 152 Å². The molecule has 0 aliphatic rings. The average Bonchev–Trinajstić information content (AvgIpc) is 3.87. The molecule has 0 spiro atoms. The van der Waals surface area contributed by atoms with Gasteiger partial charge in [-0.3, -0.25) is 0 Å². The van der Waals surface area contributed by atoms with Crippen molar-refractivity contribution in [1.29, 1.82) is 0 Å². The van der Waals surface area contributed by atoms with Gasteiger partial charge in [0.15, 0.2) is 0 Å². The van der Waals surface area contributed by atoms with Gasteiger partial charge in [0, 0.05) is 38.6 Å². The minimum Gasteiger partial charge on any atom is -0.455 e. The summed E-state index contributed by atoms with van der Waals surface area (Å²) in [7, 11) is 0. The molecule has 10 aromatic carbocycles. The number of hydrogen-bond donors (Lipinski definition) is 0. The highest BCUT2D eigenvalue weighted by Gasteiger charge is 2.22. The molecule has 0 saturated heterocycles. The second kappa shape index (κ2) is 13.4. The summed E-state index contributed by atoms with van der Waals surface area (Å²) in [6.45, 7) is 0. The van der Waals surface area contributed by atoms with E-state index in [2.05, 4.69) is 228 Å². The number of para-hydroxylation sites is 2. The molecule has 0 saturated carbocycles. The highest BCUT2D eigenvalue weighted by atomic mass is 16.3. The van der Waals surface area contributed by atoms with Gasteiger partial charge >= 0.3 is 0 Å². The van der Waals surface area contributed by atoms with Crippen LogP contribution in [0.5, 0.6) is 0 Å². The van der Waals surface area contributed by atoms with Crippen molar-refractivity contribution in [2.75, 3.05) is 4.90 Å². The lowest BCUT2D eigenvalue weighted by Gasteiger charge is -2.27. The van der Waals surface area contributed by atoms with E-state index in [1.165, 1.54) is 60.2 Å². The second-order valence-corrected chi connectivity index (χ2v) is 15.3. The maximum absolute atomic E-state index is 6.70. The third-order valence-corrected chi connectivity index (χ3v) is 12.0. The molecule has 59 heavy (non-hydrogen) atoms. The summed E-state index contributed by atoms with van der Waals surface area (Å²) in [5.74, 6) is 0. The minimum atomic E-state index is 0.865. The Morgan fingerprint density at radius 1 is 0.356 bits per heavy atom. The molecule has 0 N–H and O–H groups in total. The van der Waals surface area contributed by atoms with Crippen molar-refractivity contribution in [1.82, 2.24) is 4.57 Å². The summed E-state index contributed by atoms with van der Waals surface area (Å²) in [6, 6.07) is 78.6. The Bertz CT molecular complexity index is 3540. The van der Waals surface area contributed by atoms with E-state index in [1.54, 1.807) is 0 Å². The smallest absolute Gasteiger partial charge is 0.143 e. The molecule has 0 atom stereocenters. The van der Waals surface area contributed by atoms with Crippen molar-refractivity contribution < 1.29 is 4.42 Å². The van der Waals surface area contributed by atoms with Gasteiger partial charge in [-0.15, -0.1) is 0 Å². The number of furan rings is 1. The van der Waals surface area contributed by atoms with Crippen molar-refractivity contribution in [3.05, 3.63) is 218 Å². The zero-order valence-electron chi connectivity index (χ0n) is 32.1. The van der Waals surface area contributed by atoms with Gasteiger partial charge in [-0.05, 0) is 105 Å². The van der Waals surface area contributed by atoms with E-state index >= 15 is 0 Å². The zero-order valence-corrected chi connectivity index (χ0v) is 32.1. The number of fused-ring (bicyclic) bond motifs is 9. The van der Waals surface area contributed by atoms with Gasteiger partial charge in [-0.25, -0.2) is 0 Å². The van der Waals surface area contributed by atoms with Crippen molar-refractivity contribution in [2.24, 2.45) is 0 Å². The summed E-state index contributed by atoms with van der Waals surface area (Å²) >= 11 is 0. The number of benzene rings is 10. The van der Waals surface area contributed by atoms with Crippen molar-refractivity contribution in [3.63, 3.8) is 0 Å². The van der Waals surface area contributed by atoms with Crippen LogP contribution in [0.2, 0.25) is 0 Å². The molecular formula is C56H36N2O. The molecule has 0 aliphatic carbocycles. The van der Waals surface area contributed by atoms with Crippen LogP contribution in [0.3, 0.4) is 0 Å². The molecule has 0 aliphatic heterocycles. The van der Waals surface area contributed by atoms with Crippen molar-refractivity contribution in [2.45, 2.75) is 0 Å². The summed E-state index contributed by atoms with van der Waals surface area (Å²) in [5, 5.41) is 9.46. The van der Waals surface area contributed by atoms with Gasteiger partial charge in [-0.2, -0.15) is 0 Å². The van der Waals surface area contributed by atoms with Crippen molar-refractivity contribution >= 4 is 82.4 Å². The van der Waals surface area contributed by atoms with Crippen LogP contribution < -0.4 is 4.90 Å². The predicted octanol–water partition coefficient (Wildman–Crippen LogP) is 15.8. The van der Waals surface area contributed by atoms with E-state index in [9.17, 15) is 0 Å². The highest BCUT2D eigenvalue weighted by molar-refractivity contribution is 6.20. The van der Waals surface area contributed by atoms with Crippen LogP contribution in [-0.4, -0.2) is 4.57 Å². The van der Waals surface area contributed by atoms with E-state index in [0.717, 1.165) is 50.1 Å². The zero-order chi connectivity index (χ0) is 38.9. The maximum atomic E-state index is 6.70. The number of aromatic nitrogens is 1. The van der Waals surface area contributed by atoms with Crippen LogP contribution in [0, 0.1) is 0 Å². The largest absolute Gasteiger partial charge is 0.455 e. The van der Waals surface area contributed by atoms with Gasteiger partial charge in [0.2, 0.25) is 0 Å². The first-order valence-corrected chi connectivity index (χ1v) is 20.2. The second-order valence-electron chi connectivity index (χ2n) is 15.3. The summed E-state index contributed by atoms with van der Waals surface area (Å²) in [6.07, 6.45) is 0. The van der Waals surface area contributed by atoms with Crippen LogP contribution in [0.25, 0.3) is 93.2 Å². The number of hydrogen-bond acceptors (Lipinski definition) is 2. The van der Waals surface area contributed by atoms with E-state index in [0.29, 0.717) is 0 Å². The quantitative estimate of drug-likeness (QED) is 0.169. The number of anilines is 3. The fraction of sp³-hybridized carbons (Fsp3) is 0. The monoisotopic (exact) mass is 752 g/mol. The molecule has 12 rings (SSSR count). The maximum Gasteiger partial charge on any atom is 0.143 e. The minimum absolute atomic E-state index is 0.865. The molecule has 276 valence electrons. The van der Waals surface area contributed by atoms with Crippen LogP contribution >= 0.6 is 0 Å². The Kier molecular flexibility index (Phi) is 7.54. The molecule has 2 aromatic heterocycles. The Labute approximate surface area is 341 Å². The Morgan fingerprint density at radius 3 is 1.71 bits per heavy atom. The molecule has 12 aromatic rings. The van der Waals surface area contributed by atoms with Gasteiger partial charge in [0.25, 0.3) is 0 Å². The summed E-state index contributed by atoms with van der Waals surface area (Å²) < 4.78 is 9.08. The third kappa shape index (κ3) is 5.29. The Balaban J connectivity index is 1.04. The SMILES string of the molecule is c1ccc(-n2c3ccccc3c3c(-c4ccc(N(c5ccc(-c6cccc7ccccc67)cc5)c5cccc6oc7c8ccccc8ccc7c56)cc4)cccc32)cc1. The first kappa shape index (κ1) is 33.3. The molecule has 0 fully saturated rings. The summed E-state index contributed by atoms with van der Waals surface area (Å²) in [5.41, 5.74) is 13.3. The molecule has 3 nitrogen and oxygen atoms in total. The molecule has 0 amide bonds. The van der Waals surface area contributed by atoms with E-state index in [1.807, 2.05) is 0 Å². The first-order valence-electron chi connectivity index (χ1n) is 20.2. The molecular weight excluding hydrogens is 717 g/mol. The normalized spacial score (nSPS) is 11.7. The van der Waals surface area contributed by atoms with Crippen LogP contribution in [-0.2, 0) is 0 Å². The van der Waals surface area contributed by atoms with Gasteiger partial charge in [0.1, 0.15) is 11.2 Å². The van der Waals surface area contributed by atoms with E-state index in [4.69, 9.17) is 4.42 Å². The topological polar surface area (TPSA) is 21.3 Å². The first-order chi connectivity index (χ1) is 29.3. The van der Waals surface area contributed by atoms with Gasteiger partial charge in [0.05, 0.1) is 22.1 Å². The van der Waals surface area contributed by atoms with Crippen molar-refractivity contribution in [3.8, 4) is 27.9 Å². The van der Waals surface area contributed by atoms with E-state index in [-0.39, 0.29) is 0 Å². The number of nitrogens with zero attached hydrogens (tertiary/aromatic N) is 2. The third-order valence-electron chi connectivity index (χ3n) is 12.0. The van der Waals surface area contributed by atoms with Crippen LogP contribution in [0.15, 0.2) is 223 Å². The Hall–Kier alpha value is -7.88. The van der Waals surface area contributed by atoms with Crippen LogP contribution in [0.1, 0.15) is 0 Å². The Morgan fingerprint density at radius 2 is 0.932 bits per heavy atom. The highest BCUT2D eigenvalue weighted by Crippen LogP contribution is 2.46. The number of rotatable bonds is 6. The van der Waals surface area contributed by atoms with E-state index < -0.39 is 0 Å². The van der Waals surface area contributed by atoms with Crippen LogP contribution in [0.4, 0.5) is 17.1 Å². The lowest BCUT2D eigenvalue weighted by Crippen LogP contribution is -2.10. The summed E-state index contributed by atoms with van der Waals surface area (Å²) in [4.78, 5) is 2.38. The average molecular weight is 753 g/mol. The molecule has 0 unspecified atom stereocenters. The molecule has 2 heterocycles.